The summed E-state index contributed by atoms with van der Waals surface area (Å²) < 4.78 is 5.10. The third-order valence-electron chi connectivity index (χ3n) is 13.4. The largest absolute Gasteiger partial charge is 0.481 e. The first-order valence-corrected chi connectivity index (χ1v) is 29.7. The van der Waals surface area contributed by atoms with Crippen LogP contribution in [0.3, 0.4) is 0 Å². The first-order chi connectivity index (χ1) is 41.1. The van der Waals surface area contributed by atoms with Crippen molar-refractivity contribution in [3.8, 4) is 0 Å². The summed E-state index contributed by atoms with van der Waals surface area (Å²) in [5.41, 5.74) is 16.2. The highest BCUT2D eigenvalue weighted by molar-refractivity contribution is 6.18. The van der Waals surface area contributed by atoms with Crippen LogP contribution in [0.5, 0.6) is 0 Å². The van der Waals surface area contributed by atoms with Gasteiger partial charge in [-0.1, -0.05) is 77.7 Å². The number of allylic oxidation sites excluding steroid dienone is 1. The molecule has 22 N–H and O–H groups in total. The summed E-state index contributed by atoms with van der Waals surface area (Å²) in [5.74, 6) is -17.5. The molecule has 498 valence electrons. The average Bonchev–Trinajstić information content (AvgIpc) is 2.42. The lowest BCUT2D eigenvalue weighted by molar-refractivity contribution is -0.155. The van der Waals surface area contributed by atoms with E-state index in [1.54, 1.807) is 0 Å². The van der Waals surface area contributed by atoms with Crippen molar-refractivity contribution in [2.24, 2.45) is 17.2 Å². The van der Waals surface area contributed by atoms with E-state index in [0.717, 1.165) is 32.8 Å². The molecule has 33 heteroatoms. The van der Waals surface area contributed by atoms with Crippen molar-refractivity contribution in [1.29, 1.82) is 0 Å². The molecule has 1 rings (SSSR count). The number of carboxylic acids is 2. The number of alkyl halides is 1. The lowest BCUT2D eigenvalue weighted by Gasteiger charge is -2.28. The third-order valence-corrected chi connectivity index (χ3v) is 13.7. The Balaban J connectivity index is 0.00000374. The van der Waals surface area contributed by atoms with Gasteiger partial charge in [0.15, 0.2) is 12.1 Å². The van der Waals surface area contributed by atoms with E-state index < -0.39 is 181 Å². The second kappa shape index (κ2) is 44.7. The fourth-order valence-electron chi connectivity index (χ4n) is 8.34. The standard InChI is InChI=1S/C39H63ClN12O18.C15H32O2/c1-4-18-30(59)52-28(29(58)38(67)68)37(66)51-27(24(55)14-40)39(69)70-15-23(44-17(3)54)35(64)48-20(8-11-42)32(61)49-22(13-25(56)57)34(63)46-19(7-5-6-10-41)31(60)47-21(9-12-43)33(62)50-26(16(2)53)36(65)45-18;1-3-5-6-7-8-9-10-11-12-13-15(17)14(16)4-2/h4,16,19-24,26-29,53,55,58H,5-15,41-43H2,1-3H3,(H,44,54)(H,45,65)(H,46,63)(H,47,60)(H,48,64)(H,49,61)(H,50,62)(H,51,66)(H,52,59)(H,56,57)(H,67,68);14-17H,3-13H2,1-2H3/b18-4-;/t16-,19-,20+,21-,22-,23-,24+,26-,27-,28-,29-;/m0./s1. The van der Waals surface area contributed by atoms with Gasteiger partial charge in [0.2, 0.25) is 47.3 Å². The van der Waals surface area contributed by atoms with E-state index in [1.807, 2.05) is 17.6 Å². The van der Waals surface area contributed by atoms with Crippen molar-refractivity contribution in [3.05, 3.63) is 11.8 Å². The monoisotopic (exact) mass is 1270 g/mol. The van der Waals surface area contributed by atoms with Gasteiger partial charge in [-0.25, -0.2) is 9.59 Å². The molecule has 1 heterocycles. The van der Waals surface area contributed by atoms with Crippen molar-refractivity contribution in [2.45, 2.75) is 223 Å². The number of aliphatic carboxylic acids is 2. The molecule has 1 aliphatic rings. The van der Waals surface area contributed by atoms with E-state index in [-0.39, 0.29) is 38.9 Å². The number of aliphatic hydroxyl groups is 5. The number of halogens is 1. The quantitative estimate of drug-likeness (QED) is 0.0151. The number of esters is 1. The molecule has 2 unspecified atom stereocenters. The first kappa shape index (κ1) is 80.3. The molecule has 1 fully saturated rings. The van der Waals surface area contributed by atoms with Crippen LogP contribution in [-0.4, -0.2) is 218 Å². The first-order valence-electron chi connectivity index (χ1n) is 29.1. The summed E-state index contributed by atoms with van der Waals surface area (Å²) in [6.07, 6.45) is 4.81. The molecule has 0 aliphatic carbocycles. The van der Waals surface area contributed by atoms with Crippen LogP contribution in [0, 0.1) is 0 Å². The van der Waals surface area contributed by atoms with Crippen LogP contribution in [-0.2, 0) is 62.3 Å². The molecule has 1 saturated heterocycles. The number of aliphatic hydroxyl groups excluding tert-OH is 5. The Morgan fingerprint density at radius 3 is 1.57 bits per heavy atom. The van der Waals surface area contributed by atoms with E-state index >= 15 is 0 Å². The van der Waals surface area contributed by atoms with Crippen molar-refractivity contribution >= 4 is 82.7 Å². The van der Waals surface area contributed by atoms with Crippen molar-refractivity contribution in [3.63, 3.8) is 0 Å². The number of rotatable bonds is 28. The van der Waals surface area contributed by atoms with E-state index in [4.69, 9.17) is 33.5 Å². The van der Waals surface area contributed by atoms with Crippen molar-refractivity contribution in [2.75, 3.05) is 32.1 Å². The third kappa shape index (κ3) is 31.7. The van der Waals surface area contributed by atoms with Gasteiger partial charge in [-0.3, -0.25) is 47.9 Å². The summed E-state index contributed by atoms with van der Waals surface area (Å²) in [4.78, 5) is 158. The predicted molar refractivity (Wildman–Crippen MR) is 313 cm³/mol. The molecular weight excluding hydrogens is 1170 g/mol. The Morgan fingerprint density at radius 2 is 1.10 bits per heavy atom. The maximum absolute atomic E-state index is 13.8. The minimum absolute atomic E-state index is 0.134. The number of carbonyl (C=O) groups is 12. The number of ether oxygens (including phenoxy) is 1. The lowest BCUT2D eigenvalue weighted by atomic mass is 10.0. The summed E-state index contributed by atoms with van der Waals surface area (Å²) in [6.45, 7) is 5.70. The Labute approximate surface area is 510 Å². The summed E-state index contributed by atoms with van der Waals surface area (Å²) >= 11 is 5.74. The normalized spacial score (nSPS) is 24.1. The van der Waals surface area contributed by atoms with Gasteiger partial charge in [-0.15, -0.1) is 11.6 Å². The Hall–Kier alpha value is -6.65. The molecule has 0 bridgehead atoms. The Kier molecular flexibility index (Phi) is 41.3. The average molecular weight is 1270 g/mol. The Bertz CT molecular complexity index is 2250. The zero-order valence-electron chi connectivity index (χ0n) is 50.2. The highest BCUT2D eigenvalue weighted by atomic mass is 35.5. The van der Waals surface area contributed by atoms with Crippen LogP contribution in [0.2, 0.25) is 0 Å². The molecule has 1 aliphatic heterocycles. The van der Waals surface area contributed by atoms with Crippen LogP contribution >= 0.6 is 11.6 Å². The van der Waals surface area contributed by atoms with Crippen LogP contribution in [0.25, 0.3) is 0 Å². The summed E-state index contributed by atoms with van der Waals surface area (Å²) in [6, 6.07) is -15.5. The van der Waals surface area contributed by atoms with Gasteiger partial charge in [0.25, 0.3) is 5.91 Å². The number of amides is 9. The SMILES string of the molecule is C/C=C1\NC(=O)[C@H]([C@H](C)O)NC(=O)[C@H](CCN)NC(=O)[C@H](CCCCN)NC(=O)[C@H](CC(=O)O)NC(=O)[C@@H](CCN)NC(=O)[C@@H](NC(C)=O)COC(=O)[C@H]([C@H](O)CCl)NC(=O)[C@H]([C@H](O)C(=O)O)NC1=O.CCCCCCCCCCCC(O)C(O)CC. The smallest absolute Gasteiger partial charge is 0.335 e. The Morgan fingerprint density at radius 1 is 0.609 bits per heavy atom. The van der Waals surface area contributed by atoms with Gasteiger partial charge in [0.05, 0.1) is 36.7 Å². The van der Waals surface area contributed by atoms with E-state index in [9.17, 15) is 93.3 Å². The molecule has 0 radical (unpaired) electrons. The molecular formula is C54H95ClN12O20. The lowest BCUT2D eigenvalue weighted by Crippen LogP contribution is -2.62. The summed E-state index contributed by atoms with van der Waals surface area (Å²) in [7, 11) is 0. The fourth-order valence-corrected chi connectivity index (χ4v) is 8.52. The number of nitrogens with one attached hydrogen (secondary N) is 9. The predicted octanol–water partition coefficient (Wildman–Crippen LogP) is -4.77. The van der Waals surface area contributed by atoms with Gasteiger partial charge < -0.3 is 106 Å². The highest BCUT2D eigenvalue weighted by Crippen LogP contribution is 2.14. The molecule has 0 aromatic heterocycles. The van der Waals surface area contributed by atoms with Crippen molar-refractivity contribution in [1.82, 2.24) is 47.9 Å². The number of carbonyl (C=O) groups excluding carboxylic acids is 10. The maximum Gasteiger partial charge on any atom is 0.335 e. The zero-order chi connectivity index (χ0) is 66.3. The molecule has 0 aromatic rings. The second-order valence-corrected chi connectivity index (χ2v) is 21.0. The van der Waals surface area contributed by atoms with Crippen molar-refractivity contribution < 1.29 is 98.0 Å². The minimum atomic E-state index is -2.80. The molecule has 13 atom stereocenters. The number of cyclic esters (lactones) is 1. The topological polar surface area (TPSA) is 542 Å². The van der Waals surface area contributed by atoms with Crippen LogP contribution in [0.1, 0.15) is 144 Å². The summed E-state index contributed by atoms with van der Waals surface area (Å²) in [5, 5.41) is 89.1. The van der Waals surface area contributed by atoms with E-state index in [2.05, 4.69) is 44.1 Å². The van der Waals surface area contributed by atoms with E-state index in [1.165, 1.54) is 58.3 Å². The van der Waals surface area contributed by atoms with Crippen LogP contribution in [0.15, 0.2) is 11.8 Å². The van der Waals surface area contributed by atoms with Gasteiger partial charge in [-0.2, -0.15) is 0 Å². The molecule has 0 saturated carbocycles. The van der Waals surface area contributed by atoms with Gasteiger partial charge in [-0.05, 0) is 78.4 Å². The molecule has 0 aromatic carbocycles. The number of carboxylic acid groups (broad SMARTS) is 2. The van der Waals surface area contributed by atoms with Gasteiger partial charge in [0.1, 0.15) is 54.6 Å². The highest BCUT2D eigenvalue weighted by Gasteiger charge is 2.40. The van der Waals surface area contributed by atoms with E-state index in [0.29, 0.717) is 12.8 Å². The van der Waals surface area contributed by atoms with Gasteiger partial charge >= 0.3 is 17.9 Å². The van der Waals surface area contributed by atoms with Crippen LogP contribution < -0.4 is 65.1 Å². The fraction of sp³-hybridized carbons (Fsp3) is 0.741. The maximum atomic E-state index is 13.8. The molecule has 32 nitrogen and oxygen atoms in total. The zero-order valence-corrected chi connectivity index (χ0v) is 50.9. The van der Waals surface area contributed by atoms with Crippen LogP contribution in [0.4, 0.5) is 0 Å². The number of nitrogens with two attached hydrogens (primary N) is 3. The molecule has 9 amide bonds. The number of unbranched alkanes of at least 4 members (excludes halogenated alkanes) is 9. The number of hydrogen-bond acceptors (Lipinski definition) is 21. The molecule has 87 heavy (non-hydrogen) atoms. The second-order valence-electron chi connectivity index (χ2n) is 20.7. The minimum Gasteiger partial charge on any atom is -0.481 e. The number of hydrogen-bond donors (Lipinski definition) is 19. The van der Waals surface area contributed by atoms with Gasteiger partial charge in [0, 0.05) is 6.92 Å². The molecule has 0 spiro atoms.